The lowest BCUT2D eigenvalue weighted by molar-refractivity contribution is 0.628. The SMILES string of the molecule is CC(C)(C)S(=O)/N=C\c1ccc(F)cc1. The zero-order valence-corrected chi connectivity index (χ0v) is 9.84. The van der Waals surface area contributed by atoms with E-state index in [1.165, 1.54) is 18.3 Å². The van der Waals surface area contributed by atoms with Gasteiger partial charge in [0.25, 0.3) is 0 Å². The fraction of sp³-hybridized carbons (Fsp3) is 0.364. The highest BCUT2D eigenvalue weighted by molar-refractivity contribution is 7.85. The maximum atomic E-state index is 12.6. The zero-order chi connectivity index (χ0) is 11.5. The van der Waals surface area contributed by atoms with E-state index >= 15 is 0 Å². The third kappa shape index (κ3) is 3.91. The highest BCUT2D eigenvalue weighted by Gasteiger charge is 2.17. The molecule has 0 spiro atoms. The minimum absolute atomic E-state index is 0.288. The van der Waals surface area contributed by atoms with Crippen LogP contribution in [0.1, 0.15) is 26.3 Å². The third-order valence-corrected chi connectivity index (χ3v) is 3.04. The van der Waals surface area contributed by atoms with Crippen LogP contribution in [0, 0.1) is 5.82 Å². The van der Waals surface area contributed by atoms with Gasteiger partial charge in [0, 0.05) is 6.21 Å². The maximum absolute atomic E-state index is 12.6. The lowest BCUT2D eigenvalue weighted by atomic mass is 10.2. The number of rotatable bonds is 2. The van der Waals surface area contributed by atoms with Gasteiger partial charge in [0.1, 0.15) is 16.8 Å². The minimum Gasteiger partial charge on any atom is -0.234 e. The molecule has 0 saturated heterocycles. The van der Waals surface area contributed by atoms with Crippen LogP contribution in [0.3, 0.4) is 0 Å². The van der Waals surface area contributed by atoms with Gasteiger partial charge in [-0.2, -0.15) is 4.40 Å². The minimum atomic E-state index is -1.27. The summed E-state index contributed by atoms with van der Waals surface area (Å²) in [6, 6.07) is 5.89. The number of halogens is 1. The van der Waals surface area contributed by atoms with E-state index in [9.17, 15) is 8.60 Å². The van der Waals surface area contributed by atoms with Crippen molar-refractivity contribution in [3.8, 4) is 0 Å². The fourth-order valence-electron chi connectivity index (χ4n) is 0.816. The molecule has 0 amide bonds. The Morgan fingerprint density at radius 2 is 1.80 bits per heavy atom. The molecule has 1 aromatic carbocycles. The van der Waals surface area contributed by atoms with Crippen molar-refractivity contribution >= 4 is 17.2 Å². The van der Waals surface area contributed by atoms with Gasteiger partial charge in [-0.05, 0) is 38.5 Å². The summed E-state index contributed by atoms with van der Waals surface area (Å²) in [5.41, 5.74) is 0.744. The summed E-state index contributed by atoms with van der Waals surface area (Å²) in [6.07, 6.45) is 1.50. The molecule has 2 nitrogen and oxygen atoms in total. The largest absolute Gasteiger partial charge is 0.234 e. The zero-order valence-electron chi connectivity index (χ0n) is 9.03. The van der Waals surface area contributed by atoms with Gasteiger partial charge in [-0.1, -0.05) is 12.1 Å². The quantitative estimate of drug-likeness (QED) is 0.714. The van der Waals surface area contributed by atoms with E-state index in [0.717, 1.165) is 5.56 Å². The van der Waals surface area contributed by atoms with E-state index in [-0.39, 0.29) is 10.6 Å². The monoisotopic (exact) mass is 227 g/mol. The Morgan fingerprint density at radius 1 is 1.27 bits per heavy atom. The summed E-state index contributed by atoms with van der Waals surface area (Å²) >= 11 is 0. The molecule has 4 heteroatoms. The maximum Gasteiger partial charge on any atom is 0.144 e. The highest BCUT2D eigenvalue weighted by atomic mass is 32.2. The highest BCUT2D eigenvalue weighted by Crippen LogP contribution is 2.12. The normalized spacial score (nSPS) is 14.4. The Morgan fingerprint density at radius 3 is 2.27 bits per heavy atom. The van der Waals surface area contributed by atoms with Crippen molar-refractivity contribution in [2.75, 3.05) is 0 Å². The number of hydrogen-bond acceptors (Lipinski definition) is 1. The predicted octanol–water partition coefficient (Wildman–Crippen LogP) is 2.71. The third-order valence-electron chi connectivity index (χ3n) is 1.69. The molecule has 82 valence electrons. The molecule has 15 heavy (non-hydrogen) atoms. The Hall–Kier alpha value is -1.03. The van der Waals surface area contributed by atoms with Crippen molar-refractivity contribution in [1.29, 1.82) is 0 Å². The van der Waals surface area contributed by atoms with Crippen LogP contribution in [-0.4, -0.2) is 15.2 Å². The lowest BCUT2D eigenvalue weighted by Crippen LogP contribution is -2.19. The second-order valence-corrected chi connectivity index (χ2v) is 6.08. The predicted molar refractivity (Wildman–Crippen MR) is 61.9 cm³/mol. The first-order valence-corrected chi connectivity index (χ1v) is 5.72. The van der Waals surface area contributed by atoms with Crippen LogP contribution in [0.15, 0.2) is 28.7 Å². The summed E-state index contributed by atoms with van der Waals surface area (Å²) < 4.78 is 27.7. The van der Waals surface area contributed by atoms with Crippen LogP contribution in [0.25, 0.3) is 0 Å². The number of nitrogens with zero attached hydrogens (tertiary/aromatic N) is 1. The van der Waals surface area contributed by atoms with E-state index in [2.05, 4.69) is 4.40 Å². The van der Waals surface area contributed by atoms with Crippen LogP contribution in [0.5, 0.6) is 0 Å². The Labute approximate surface area is 91.8 Å². The second kappa shape index (κ2) is 4.66. The fourth-order valence-corrected chi connectivity index (χ4v) is 1.35. The van der Waals surface area contributed by atoms with Crippen LogP contribution >= 0.6 is 0 Å². The summed E-state index contributed by atoms with van der Waals surface area (Å²) in [5, 5.41) is 0. The van der Waals surface area contributed by atoms with Crippen LogP contribution in [0.4, 0.5) is 4.39 Å². The van der Waals surface area contributed by atoms with Crippen LogP contribution < -0.4 is 0 Å². The second-order valence-electron chi connectivity index (χ2n) is 4.15. The van der Waals surface area contributed by atoms with Gasteiger partial charge in [0.05, 0.1) is 4.75 Å². The smallest absolute Gasteiger partial charge is 0.144 e. The molecule has 0 heterocycles. The first-order valence-electron chi connectivity index (χ1n) is 4.61. The lowest BCUT2D eigenvalue weighted by Gasteiger charge is -2.12. The van der Waals surface area contributed by atoms with E-state index < -0.39 is 11.0 Å². The van der Waals surface area contributed by atoms with Crippen molar-refractivity contribution in [3.63, 3.8) is 0 Å². The molecule has 0 fully saturated rings. The van der Waals surface area contributed by atoms with E-state index in [1.807, 2.05) is 20.8 Å². The molecular weight excluding hydrogens is 213 g/mol. The van der Waals surface area contributed by atoms with E-state index in [4.69, 9.17) is 0 Å². The first-order chi connectivity index (χ1) is 6.89. The Bertz CT molecular complexity index is 379. The van der Waals surface area contributed by atoms with Gasteiger partial charge >= 0.3 is 0 Å². The van der Waals surface area contributed by atoms with Gasteiger partial charge < -0.3 is 0 Å². The van der Waals surface area contributed by atoms with Gasteiger partial charge in [0.15, 0.2) is 0 Å². The summed E-state index contributed by atoms with van der Waals surface area (Å²) in [4.78, 5) is 0. The molecule has 1 atom stereocenters. The molecular formula is C11H14FNOS. The molecule has 0 aromatic heterocycles. The summed E-state index contributed by atoms with van der Waals surface area (Å²) in [7, 11) is -1.27. The van der Waals surface area contributed by atoms with Crippen LogP contribution in [-0.2, 0) is 11.0 Å². The number of hydrogen-bond donors (Lipinski definition) is 0. The van der Waals surface area contributed by atoms with E-state index in [0.29, 0.717) is 0 Å². The Kier molecular flexibility index (Phi) is 3.74. The Balaban J connectivity index is 2.74. The van der Waals surface area contributed by atoms with Gasteiger partial charge in [-0.25, -0.2) is 8.60 Å². The standard InChI is InChI=1S/C11H14FNOS/c1-11(2,3)15(14)13-8-9-4-6-10(12)7-5-9/h4-8H,1-3H3/b13-8-. The molecule has 0 aliphatic rings. The average Bonchev–Trinajstić information content (AvgIpc) is 2.15. The topological polar surface area (TPSA) is 29.4 Å². The van der Waals surface area contributed by atoms with E-state index in [1.54, 1.807) is 12.1 Å². The number of benzene rings is 1. The molecule has 1 rings (SSSR count). The first kappa shape index (κ1) is 12.0. The molecule has 0 saturated carbocycles. The van der Waals surface area contributed by atoms with Crippen molar-refractivity contribution < 1.29 is 8.60 Å². The molecule has 0 N–H and O–H groups in total. The summed E-state index contributed by atoms with van der Waals surface area (Å²) in [6.45, 7) is 5.56. The van der Waals surface area contributed by atoms with Crippen molar-refractivity contribution in [2.24, 2.45) is 4.40 Å². The van der Waals surface area contributed by atoms with Crippen LogP contribution in [0.2, 0.25) is 0 Å². The molecule has 1 aromatic rings. The van der Waals surface area contributed by atoms with Crippen molar-refractivity contribution in [2.45, 2.75) is 25.5 Å². The molecule has 0 aliphatic heterocycles. The molecule has 0 radical (unpaired) electrons. The average molecular weight is 227 g/mol. The molecule has 0 aliphatic carbocycles. The van der Waals surface area contributed by atoms with Gasteiger partial charge in [-0.3, -0.25) is 0 Å². The summed E-state index contributed by atoms with van der Waals surface area (Å²) in [5.74, 6) is -0.288. The van der Waals surface area contributed by atoms with Gasteiger partial charge in [0.2, 0.25) is 0 Å². The van der Waals surface area contributed by atoms with Crippen molar-refractivity contribution in [1.82, 2.24) is 0 Å². The van der Waals surface area contributed by atoms with Gasteiger partial charge in [-0.15, -0.1) is 0 Å². The molecule has 0 bridgehead atoms. The molecule has 1 unspecified atom stereocenters. The van der Waals surface area contributed by atoms with Crippen molar-refractivity contribution in [3.05, 3.63) is 35.6 Å².